The lowest BCUT2D eigenvalue weighted by molar-refractivity contribution is 0.0466. The standard InChI is InChI=1S/C14H10F3NO2/c15-8-4-5-9(13(18)6-8)14(19)20-7-10-11(16)2-1-3-12(10)17/h1-6H,7,18H2. The normalized spacial score (nSPS) is 10.3. The zero-order valence-electron chi connectivity index (χ0n) is 10.2. The molecule has 104 valence electrons. The van der Waals surface area contributed by atoms with Gasteiger partial charge in [0.25, 0.3) is 0 Å². The highest BCUT2D eigenvalue weighted by Crippen LogP contribution is 2.17. The van der Waals surface area contributed by atoms with Crippen LogP contribution in [0.3, 0.4) is 0 Å². The summed E-state index contributed by atoms with van der Waals surface area (Å²) in [5.41, 5.74) is 4.93. The lowest BCUT2D eigenvalue weighted by atomic mass is 10.2. The number of carbonyl (C=O) groups is 1. The monoisotopic (exact) mass is 281 g/mol. The molecule has 6 heteroatoms. The first kappa shape index (κ1) is 13.9. The first-order valence-corrected chi connectivity index (χ1v) is 5.64. The summed E-state index contributed by atoms with van der Waals surface area (Å²) < 4.78 is 44.3. The highest BCUT2D eigenvalue weighted by Gasteiger charge is 2.15. The van der Waals surface area contributed by atoms with Gasteiger partial charge in [0.15, 0.2) is 0 Å². The van der Waals surface area contributed by atoms with E-state index in [9.17, 15) is 18.0 Å². The number of nitrogens with two attached hydrogens (primary N) is 1. The fourth-order valence-corrected chi connectivity index (χ4v) is 1.61. The van der Waals surface area contributed by atoms with Crippen molar-refractivity contribution < 1.29 is 22.7 Å². The van der Waals surface area contributed by atoms with Crippen LogP contribution in [0.1, 0.15) is 15.9 Å². The topological polar surface area (TPSA) is 52.3 Å². The van der Waals surface area contributed by atoms with Crippen LogP contribution in [0.2, 0.25) is 0 Å². The molecule has 0 saturated carbocycles. The molecule has 0 aromatic heterocycles. The van der Waals surface area contributed by atoms with Gasteiger partial charge in [0.1, 0.15) is 24.1 Å². The van der Waals surface area contributed by atoms with Gasteiger partial charge >= 0.3 is 5.97 Å². The van der Waals surface area contributed by atoms with Gasteiger partial charge in [-0.2, -0.15) is 0 Å². The molecular weight excluding hydrogens is 271 g/mol. The van der Waals surface area contributed by atoms with Crippen molar-refractivity contribution in [3.05, 3.63) is 65.0 Å². The molecule has 2 N–H and O–H groups in total. The summed E-state index contributed by atoms with van der Waals surface area (Å²) >= 11 is 0. The number of rotatable bonds is 3. The molecule has 2 aromatic carbocycles. The summed E-state index contributed by atoms with van der Waals surface area (Å²) in [5, 5.41) is 0. The number of benzene rings is 2. The molecule has 0 radical (unpaired) electrons. The van der Waals surface area contributed by atoms with E-state index in [2.05, 4.69) is 0 Å². The van der Waals surface area contributed by atoms with E-state index in [1.54, 1.807) is 0 Å². The van der Waals surface area contributed by atoms with Gasteiger partial charge in [-0.3, -0.25) is 0 Å². The molecule has 0 bridgehead atoms. The molecule has 0 aliphatic heterocycles. The van der Waals surface area contributed by atoms with Crippen LogP contribution in [0.4, 0.5) is 18.9 Å². The summed E-state index contributed by atoms with van der Waals surface area (Å²) in [6, 6.07) is 6.45. The Morgan fingerprint density at radius 2 is 1.75 bits per heavy atom. The Kier molecular flexibility index (Phi) is 3.93. The SMILES string of the molecule is Nc1cc(F)ccc1C(=O)OCc1c(F)cccc1F. The fourth-order valence-electron chi connectivity index (χ4n) is 1.61. The summed E-state index contributed by atoms with van der Waals surface area (Å²) in [4.78, 5) is 11.7. The molecule has 3 nitrogen and oxygen atoms in total. The molecule has 0 aliphatic rings. The van der Waals surface area contributed by atoms with Crippen molar-refractivity contribution in [1.29, 1.82) is 0 Å². The first-order chi connectivity index (χ1) is 9.49. The van der Waals surface area contributed by atoms with Gasteiger partial charge in [-0.05, 0) is 30.3 Å². The number of esters is 1. The molecule has 0 spiro atoms. The van der Waals surface area contributed by atoms with E-state index < -0.39 is 30.0 Å². The summed E-state index contributed by atoms with van der Waals surface area (Å²) in [5.74, 6) is -3.11. The number of hydrogen-bond acceptors (Lipinski definition) is 3. The maximum atomic E-state index is 13.3. The van der Waals surface area contributed by atoms with Crippen molar-refractivity contribution in [2.75, 3.05) is 5.73 Å². The van der Waals surface area contributed by atoms with E-state index in [0.717, 1.165) is 30.3 Å². The van der Waals surface area contributed by atoms with Gasteiger partial charge in [-0.1, -0.05) is 6.07 Å². The third-order valence-electron chi connectivity index (χ3n) is 2.64. The number of hydrogen-bond donors (Lipinski definition) is 1. The molecule has 20 heavy (non-hydrogen) atoms. The molecule has 0 fully saturated rings. The predicted octanol–water partition coefficient (Wildman–Crippen LogP) is 3.04. The lowest BCUT2D eigenvalue weighted by Crippen LogP contribution is -2.10. The smallest absolute Gasteiger partial charge is 0.340 e. The lowest BCUT2D eigenvalue weighted by Gasteiger charge is -2.08. The second kappa shape index (κ2) is 5.64. The minimum Gasteiger partial charge on any atom is -0.457 e. The van der Waals surface area contributed by atoms with Crippen LogP contribution < -0.4 is 5.73 Å². The van der Waals surface area contributed by atoms with E-state index in [1.807, 2.05) is 0 Å². The number of halogens is 3. The van der Waals surface area contributed by atoms with Gasteiger partial charge in [-0.15, -0.1) is 0 Å². The van der Waals surface area contributed by atoms with Gasteiger partial charge in [0, 0.05) is 5.69 Å². The van der Waals surface area contributed by atoms with Crippen molar-refractivity contribution in [1.82, 2.24) is 0 Å². The fraction of sp³-hybridized carbons (Fsp3) is 0.0714. The molecule has 2 rings (SSSR count). The molecule has 0 saturated heterocycles. The Morgan fingerprint density at radius 1 is 1.10 bits per heavy atom. The number of anilines is 1. The van der Waals surface area contributed by atoms with Gasteiger partial charge < -0.3 is 10.5 Å². The van der Waals surface area contributed by atoms with Crippen LogP contribution in [-0.4, -0.2) is 5.97 Å². The van der Waals surface area contributed by atoms with Crippen molar-refractivity contribution in [3.63, 3.8) is 0 Å². The Bertz CT molecular complexity index is 639. The van der Waals surface area contributed by atoms with Crippen molar-refractivity contribution in [3.8, 4) is 0 Å². The molecule has 0 atom stereocenters. The predicted molar refractivity (Wildman–Crippen MR) is 66.3 cm³/mol. The second-order valence-corrected chi connectivity index (χ2v) is 4.01. The van der Waals surface area contributed by atoms with Crippen LogP contribution in [-0.2, 0) is 11.3 Å². The third kappa shape index (κ3) is 2.90. The molecule has 0 unspecified atom stereocenters. The Labute approximate surface area is 112 Å². The van der Waals surface area contributed by atoms with Crippen LogP contribution in [0.15, 0.2) is 36.4 Å². The highest BCUT2D eigenvalue weighted by atomic mass is 19.1. The van der Waals surface area contributed by atoms with Gasteiger partial charge in [-0.25, -0.2) is 18.0 Å². The molecule has 2 aromatic rings. The van der Waals surface area contributed by atoms with E-state index >= 15 is 0 Å². The molecule has 0 heterocycles. The summed E-state index contributed by atoms with van der Waals surface area (Å²) in [6.45, 7) is -0.575. The maximum Gasteiger partial charge on any atom is 0.340 e. The Morgan fingerprint density at radius 3 is 2.35 bits per heavy atom. The number of ether oxygens (including phenoxy) is 1. The van der Waals surface area contributed by atoms with Crippen molar-refractivity contribution in [2.45, 2.75) is 6.61 Å². The first-order valence-electron chi connectivity index (χ1n) is 5.64. The van der Waals surface area contributed by atoms with Gasteiger partial charge in [0.2, 0.25) is 0 Å². The van der Waals surface area contributed by atoms with Crippen LogP contribution in [0.25, 0.3) is 0 Å². The van der Waals surface area contributed by atoms with Gasteiger partial charge in [0.05, 0.1) is 11.1 Å². The van der Waals surface area contributed by atoms with E-state index in [1.165, 1.54) is 6.07 Å². The van der Waals surface area contributed by atoms with E-state index in [4.69, 9.17) is 10.5 Å². The average Bonchev–Trinajstić information content (AvgIpc) is 2.37. The Balaban J connectivity index is 2.13. The van der Waals surface area contributed by atoms with E-state index in [-0.39, 0.29) is 16.8 Å². The van der Waals surface area contributed by atoms with Crippen molar-refractivity contribution in [2.24, 2.45) is 0 Å². The van der Waals surface area contributed by atoms with Crippen LogP contribution >= 0.6 is 0 Å². The van der Waals surface area contributed by atoms with E-state index in [0.29, 0.717) is 0 Å². The zero-order valence-corrected chi connectivity index (χ0v) is 10.2. The summed E-state index contributed by atoms with van der Waals surface area (Å²) in [6.07, 6.45) is 0. The summed E-state index contributed by atoms with van der Waals surface area (Å²) in [7, 11) is 0. The Hall–Kier alpha value is -2.50. The molecule has 0 aliphatic carbocycles. The molecule has 0 amide bonds. The van der Waals surface area contributed by atoms with Crippen LogP contribution in [0.5, 0.6) is 0 Å². The quantitative estimate of drug-likeness (QED) is 0.695. The zero-order chi connectivity index (χ0) is 14.7. The van der Waals surface area contributed by atoms with Crippen molar-refractivity contribution >= 4 is 11.7 Å². The second-order valence-electron chi connectivity index (χ2n) is 4.01. The minimum atomic E-state index is -0.884. The number of carbonyl (C=O) groups excluding carboxylic acids is 1. The maximum absolute atomic E-state index is 13.3. The molecular formula is C14H10F3NO2. The van der Waals surface area contributed by atoms with Crippen LogP contribution in [0, 0.1) is 17.5 Å². The average molecular weight is 281 g/mol. The third-order valence-corrected chi connectivity index (χ3v) is 2.64. The largest absolute Gasteiger partial charge is 0.457 e. The highest BCUT2D eigenvalue weighted by molar-refractivity contribution is 5.94. The number of nitrogen functional groups attached to an aromatic ring is 1. The minimum absolute atomic E-state index is 0.0665.